The topological polar surface area (TPSA) is 78.8 Å². The van der Waals surface area contributed by atoms with Gasteiger partial charge in [-0.05, 0) is 25.5 Å². The molecule has 2 atom stereocenters. The third-order valence-electron chi connectivity index (χ3n) is 2.88. The summed E-state index contributed by atoms with van der Waals surface area (Å²) in [4.78, 5) is 10.7. The Hall–Kier alpha value is -1.59. The molecule has 0 fully saturated rings. The van der Waals surface area contributed by atoms with Gasteiger partial charge >= 0.3 is 0 Å². The van der Waals surface area contributed by atoms with Crippen LogP contribution in [0.15, 0.2) is 18.2 Å². The fraction of sp³-hybridized carbons (Fsp3) is 0.500. The first-order valence-electron chi connectivity index (χ1n) is 6.20. The summed E-state index contributed by atoms with van der Waals surface area (Å²) in [6, 6.07) is 5.41. The molecule has 0 heterocycles. The Labute approximate surface area is 113 Å². The summed E-state index contributed by atoms with van der Waals surface area (Å²) < 4.78 is 5.17. The van der Waals surface area contributed by atoms with Crippen LogP contribution in [-0.2, 0) is 4.79 Å². The molecule has 0 bridgehead atoms. The lowest BCUT2D eigenvalue weighted by atomic mass is 9.99. The summed E-state index contributed by atoms with van der Waals surface area (Å²) in [7, 11) is 1.52. The van der Waals surface area contributed by atoms with Gasteiger partial charge in [0.1, 0.15) is 11.9 Å². The summed E-state index contributed by atoms with van der Waals surface area (Å²) in [5.41, 5.74) is 1.53. The zero-order valence-corrected chi connectivity index (χ0v) is 11.5. The van der Waals surface area contributed by atoms with Crippen molar-refractivity contribution in [3.8, 4) is 5.75 Å². The Morgan fingerprint density at radius 2 is 2.11 bits per heavy atom. The van der Waals surface area contributed by atoms with Crippen molar-refractivity contribution in [3.63, 3.8) is 0 Å². The minimum absolute atomic E-state index is 0.158. The molecule has 2 unspecified atom stereocenters. The first-order valence-corrected chi connectivity index (χ1v) is 6.20. The zero-order valence-electron chi connectivity index (χ0n) is 11.5. The molecule has 0 aliphatic carbocycles. The Bertz CT molecular complexity index is 433. The maximum Gasteiger partial charge on any atom is 0.216 e. The molecule has 1 rings (SSSR count). The largest absolute Gasteiger partial charge is 0.496 e. The van der Waals surface area contributed by atoms with Crippen LogP contribution in [0.2, 0.25) is 0 Å². The standard InChI is InChI=1S/C14H21NO4/c1-9-4-5-13(19-3)11(8-9)14(18)12(17)6-7-15-10(2)16/h4-5,8,12,14,17-18H,6-7H2,1-3H3,(H,15,16). The van der Waals surface area contributed by atoms with Crippen LogP contribution in [0.5, 0.6) is 5.75 Å². The van der Waals surface area contributed by atoms with Crippen LogP contribution in [0.25, 0.3) is 0 Å². The second kappa shape index (κ2) is 7.11. The molecular weight excluding hydrogens is 246 g/mol. The molecule has 0 saturated carbocycles. The van der Waals surface area contributed by atoms with Crippen LogP contribution in [0.4, 0.5) is 0 Å². The predicted octanol–water partition coefficient (Wildman–Crippen LogP) is 0.924. The van der Waals surface area contributed by atoms with E-state index in [-0.39, 0.29) is 12.3 Å². The van der Waals surface area contributed by atoms with Crippen molar-refractivity contribution in [3.05, 3.63) is 29.3 Å². The Kier molecular flexibility index (Phi) is 5.79. The van der Waals surface area contributed by atoms with Gasteiger partial charge in [-0.3, -0.25) is 4.79 Å². The van der Waals surface area contributed by atoms with Crippen molar-refractivity contribution in [1.29, 1.82) is 0 Å². The average Bonchev–Trinajstić information content (AvgIpc) is 2.37. The van der Waals surface area contributed by atoms with Crippen LogP contribution >= 0.6 is 0 Å². The van der Waals surface area contributed by atoms with E-state index < -0.39 is 12.2 Å². The SMILES string of the molecule is COc1ccc(C)cc1C(O)C(O)CCNC(C)=O. The van der Waals surface area contributed by atoms with E-state index in [0.717, 1.165) is 5.56 Å². The highest BCUT2D eigenvalue weighted by molar-refractivity contribution is 5.72. The first kappa shape index (κ1) is 15.5. The number of nitrogens with one attached hydrogen (secondary N) is 1. The Balaban J connectivity index is 2.72. The fourth-order valence-corrected chi connectivity index (χ4v) is 1.85. The Morgan fingerprint density at radius 1 is 1.42 bits per heavy atom. The summed E-state index contributed by atoms with van der Waals surface area (Å²) in [5.74, 6) is 0.381. The van der Waals surface area contributed by atoms with Gasteiger partial charge in [0.05, 0.1) is 13.2 Å². The third-order valence-corrected chi connectivity index (χ3v) is 2.88. The molecule has 0 radical (unpaired) electrons. The fourth-order valence-electron chi connectivity index (χ4n) is 1.85. The second-order valence-corrected chi connectivity index (χ2v) is 4.53. The van der Waals surface area contributed by atoms with Crippen LogP contribution in [0.3, 0.4) is 0 Å². The molecule has 0 aliphatic rings. The van der Waals surface area contributed by atoms with Crippen molar-refractivity contribution in [2.45, 2.75) is 32.5 Å². The highest BCUT2D eigenvalue weighted by Gasteiger charge is 2.21. The molecule has 1 aromatic rings. The van der Waals surface area contributed by atoms with Gasteiger partial charge in [0.2, 0.25) is 5.91 Å². The van der Waals surface area contributed by atoms with Crippen molar-refractivity contribution in [1.82, 2.24) is 5.32 Å². The molecule has 0 spiro atoms. The Morgan fingerprint density at radius 3 is 2.68 bits per heavy atom. The number of aliphatic hydroxyl groups excluding tert-OH is 2. The molecule has 0 saturated heterocycles. The van der Waals surface area contributed by atoms with Gasteiger partial charge in [0.25, 0.3) is 0 Å². The van der Waals surface area contributed by atoms with Gasteiger partial charge in [-0.25, -0.2) is 0 Å². The maximum atomic E-state index is 10.7. The molecule has 0 aliphatic heterocycles. The van der Waals surface area contributed by atoms with E-state index in [1.807, 2.05) is 13.0 Å². The van der Waals surface area contributed by atoms with Gasteiger partial charge in [0.15, 0.2) is 0 Å². The smallest absolute Gasteiger partial charge is 0.216 e. The third kappa shape index (κ3) is 4.54. The molecule has 106 valence electrons. The highest BCUT2D eigenvalue weighted by atomic mass is 16.5. The highest BCUT2D eigenvalue weighted by Crippen LogP contribution is 2.29. The molecule has 1 amide bonds. The number of rotatable bonds is 6. The summed E-state index contributed by atoms with van der Waals surface area (Å²) in [6.45, 7) is 3.63. The first-order chi connectivity index (χ1) is 8.95. The molecule has 5 heteroatoms. The quantitative estimate of drug-likeness (QED) is 0.716. The molecule has 19 heavy (non-hydrogen) atoms. The van der Waals surface area contributed by atoms with Crippen molar-refractivity contribution >= 4 is 5.91 Å². The second-order valence-electron chi connectivity index (χ2n) is 4.53. The molecule has 1 aromatic carbocycles. The van der Waals surface area contributed by atoms with E-state index in [0.29, 0.717) is 17.9 Å². The summed E-state index contributed by atoms with van der Waals surface area (Å²) in [5, 5.41) is 22.7. The van der Waals surface area contributed by atoms with Crippen LogP contribution in [0.1, 0.15) is 30.6 Å². The van der Waals surface area contributed by atoms with Gasteiger partial charge in [-0.1, -0.05) is 11.6 Å². The number of hydrogen-bond acceptors (Lipinski definition) is 4. The van der Waals surface area contributed by atoms with E-state index in [9.17, 15) is 15.0 Å². The van der Waals surface area contributed by atoms with Crippen molar-refractivity contribution in [2.75, 3.05) is 13.7 Å². The lowest BCUT2D eigenvalue weighted by Crippen LogP contribution is -2.27. The summed E-state index contributed by atoms with van der Waals surface area (Å²) in [6.07, 6.45) is -1.72. The lowest BCUT2D eigenvalue weighted by Gasteiger charge is -2.20. The molecular formula is C14H21NO4. The van der Waals surface area contributed by atoms with Gasteiger partial charge in [0, 0.05) is 19.0 Å². The minimum Gasteiger partial charge on any atom is -0.496 e. The number of aryl methyl sites for hydroxylation is 1. The number of ether oxygens (including phenoxy) is 1. The van der Waals surface area contributed by atoms with Crippen LogP contribution in [0, 0.1) is 6.92 Å². The number of methoxy groups -OCH3 is 1. The number of hydrogen-bond donors (Lipinski definition) is 3. The van der Waals surface area contributed by atoms with Gasteiger partial charge in [-0.15, -0.1) is 0 Å². The van der Waals surface area contributed by atoms with Crippen LogP contribution in [-0.4, -0.2) is 35.9 Å². The monoisotopic (exact) mass is 267 g/mol. The van der Waals surface area contributed by atoms with E-state index in [2.05, 4.69) is 5.32 Å². The van der Waals surface area contributed by atoms with E-state index in [4.69, 9.17) is 4.74 Å². The van der Waals surface area contributed by atoms with Crippen molar-refractivity contribution < 1.29 is 19.7 Å². The number of benzene rings is 1. The van der Waals surface area contributed by atoms with E-state index in [1.165, 1.54) is 14.0 Å². The normalized spacial score (nSPS) is 13.7. The molecule has 5 nitrogen and oxygen atoms in total. The maximum absolute atomic E-state index is 10.7. The molecule has 3 N–H and O–H groups in total. The number of carbonyl (C=O) groups is 1. The number of carbonyl (C=O) groups excluding carboxylic acids is 1. The van der Waals surface area contributed by atoms with E-state index >= 15 is 0 Å². The summed E-state index contributed by atoms with van der Waals surface area (Å²) >= 11 is 0. The predicted molar refractivity (Wildman–Crippen MR) is 72.0 cm³/mol. The van der Waals surface area contributed by atoms with Gasteiger partial charge in [-0.2, -0.15) is 0 Å². The zero-order chi connectivity index (χ0) is 14.4. The average molecular weight is 267 g/mol. The number of amides is 1. The van der Waals surface area contributed by atoms with Gasteiger partial charge < -0.3 is 20.3 Å². The van der Waals surface area contributed by atoms with E-state index in [1.54, 1.807) is 12.1 Å². The van der Waals surface area contributed by atoms with Crippen molar-refractivity contribution in [2.24, 2.45) is 0 Å². The minimum atomic E-state index is -1.04. The van der Waals surface area contributed by atoms with Crippen LogP contribution < -0.4 is 10.1 Å². The molecule has 0 aromatic heterocycles. The lowest BCUT2D eigenvalue weighted by molar-refractivity contribution is -0.119. The number of aliphatic hydroxyl groups is 2.